The van der Waals surface area contributed by atoms with Crippen molar-refractivity contribution in [3.63, 3.8) is 0 Å². The maximum atomic E-state index is 5.27. The second-order valence-corrected chi connectivity index (χ2v) is 3.75. The van der Waals surface area contributed by atoms with E-state index in [2.05, 4.69) is 11.0 Å². The molecule has 1 heterocycles. The van der Waals surface area contributed by atoms with Crippen molar-refractivity contribution in [2.75, 3.05) is 0 Å². The maximum absolute atomic E-state index is 5.27. The van der Waals surface area contributed by atoms with Gasteiger partial charge in [-0.3, -0.25) is 4.68 Å². The van der Waals surface area contributed by atoms with E-state index in [1.807, 2.05) is 10.9 Å². The van der Waals surface area contributed by atoms with E-state index in [9.17, 15) is 0 Å². The summed E-state index contributed by atoms with van der Waals surface area (Å²) in [4.78, 5) is 0. The smallest absolute Gasteiger partial charge is 0.0646 e. The van der Waals surface area contributed by atoms with E-state index in [-0.39, 0.29) is 0 Å². The Morgan fingerprint density at radius 2 is 2.31 bits per heavy atom. The zero-order chi connectivity index (χ0) is 9.10. The van der Waals surface area contributed by atoms with Crippen molar-refractivity contribution in [3.05, 3.63) is 18.0 Å². The van der Waals surface area contributed by atoms with Crippen molar-refractivity contribution in [1.82, 2.24) is 9.78 Å². The van der Waals surface area contributed by atoms with Gasteiger partial charge in [-0.2, -0.15) is 5.10 Å². The van der Waals surface area contributed by atoms with Crippen LogP contribution in [0.4, 0.5) is 0 Å². The summed E-state index contributed by atoms with van der Waals surface area (Å²) in [6.07, 6.45) is 14.5. The van der Waals surface area contributed by atoms with Gasteiger partial charge in [-0.25, -0.2) is 0 Å². The minimum Gasteiger partial charge on any atom is -0.271 e. The zero-order valence-electron chi connectivity index (χ0n) is 7.74. The second kappa shape index (κ2) is 3.66. The average Bonchev–Trinajstić information content (AvgIpc) is 2.76. The lowest BCUT2D eigenvalue weighted by Gasteiger charge is -2.07. The Morgan fingerprint density at radius 3 is 2.92 bits per heavy atom. The standard InChI is InChI=1S/C11H14N2/c1-2-10-7-12-13(8-10)9-11-5-3-4-6-11/h1,7-8,11H,3-6,9H2. The van der Waals surface area contributed by atoms with Gasteiger partial charge in [0.05, 0.1) is 11.8 Å². The fraction of sp³-hybridized carbons (Fsp3) is 0.545. The van der Waals surface area contributed by atoms with Gasteiger partial charge in [-0.15, -0.1) is 6.42 Å². The van der Waals surface area contributed by atoms with Crippen molar-refractivity contribution >= 4 is 0 Å². The van der Waals surface area contributed by atoms with Crippen LogP contribution in [0.5, 0.6) is 0 Å². The lowest BCUT2D eigenvalue weighted by molar-refractivity contribution is 0.429. The number of aromatic nitrogens is 2. The van der Waals surface area contributed by atoms with E-state index in [1.54, 1.807) is 6.20 Å². The van der Waals surface area contributed by atoms with Gasteiger partial charge in [0.2, 0.25) is 0 Å². The number of rotatable bonds is 2. The fourth-order valence-corrected chi connectivity index (χ4v) is 2.00. The molecule has 2 nitrogen and oxygen atoms in total. The number of hydrogen-bond donors (Lipinski definition) is 0. The molecule has 68 valence electrons. The third kappa shape index (κ3) is 1.92. The fourth-order valence-electron chi connectivity index (χ4n) is 2.00. The first-order valence-electron chi connectivity index (χ1n) is 4.87. The van der Waals surface area contributed by atoms with Crippen LogP contribution in [0, 0.1) is 18.3 Å². The molecule has 0 aromatic carbocycles. The molecule has 0 aliphatic heterocycles. The summed E-state index contributed by atoms with van der Waals surface area (Å²) in [6.45, 7) is 1.04. The van der Waals surface area contributed by atoms with Crippen LogP contribution in [0.25, 0.3) is 0 Å². The molecule has 2 rings (SSSR count). The average molecular weight is 174 g/mol. The maximum Gasteiger partial charge on any atom is 0.0646 e. The van der Waals surface area contributed by atoms with Crippen LogP contribution in [0.1, 0.15) is 31.2 Å². The van der Waals surface area contributed by atoms with E-state index < -0.39 is 0 Å². The first-order valence-corrected chi connectivity index (χ1v) is 4.87. The highest BCUT2D eigenvalue weighted by molar-refractivity contribution is 5.26. The molecule has 0 radical (unpaired) electrons. The highest BCUT2D eigenvalue weighted by Crippen LogP contribution is 2.25. The molecule has 1 aromatic rings. The number of hydrogen-bond acceptors (Lipinski definition) is 1. The largest absolute Gasteiger partial charge is 0.271 e. The Labute approximate surface area is 79.0 Å². The minimum atomic E-state index is 0.825. The molecular weight excluding hydrogens is 160 g/mol. The molecule has 1 aromatic heterocycles. The first-order chi connectivity index (χ1) is 6.38. The molecular formula is C11H14N2. The van der Waals surface area contributed by atoms with Gasteiger partial charge in [0.15, 0.2) is 0 Å². The molecule has 0 bridgehead atoms. The summed E-state index contributed by atoms with van der Waals surface area (Å²) in [5.41, 5.74) is 0.887. The van der Waals surface area contributed by atoms with Gasteiger partial charge in [0.25, 0.3) is 0 Å². The Morgan fingerprint density at radius 1 is 1.54 bits per heavy atom. The topological polar surface area (TPSA) is 17.8 Å². The molecule has 0 amide bonds. The predicted molar refractivity (Wildman–Crippen MR) is 52.1 cm³/mol. The molecule has 0 unspecified atom stereocenters. The Kier molecular flexibility index (Phi) is 2.35. The van der Waals surface area contributed by atoms with Crippen molar-refractivity contribution in [2.45, 2.75) is 32.2 Å². The zero-order valence-corrected chi connectivity index (χ0v) is 7.74. The Bertz CT molecular complexity index is 313. The SMILES string of the molecule is C#Cc1cnn(CC2CCCC2)c1. The molecule has 1 aliphatic rings. The highest BCUT2D eigenvalue weighted by Gasteiger charge is 2.15. The highest BCUT2D eigenvalue weighted by atomic mass is 15.3. The second-order valence-electron chi connectivity index (χ2n) is 3.75. The lowest BCUT2D eigenvalue weighted by atomic mass is 10.1. The van der Waals surface area contributed by atoms with Crippen LogP contribution in [0.15, 0.2) is 12.4 Å². The van der Waals surface area contributed by atoms with Crippen molar-refractivity contribution in [1.29, 1.82) is 0 Å². The van der Waals surface area contributed by atoms with E-state index in [4.69, 9.17) is 6.42 Å². The van der Waals surface area contributed by atoms with Gasteiger partial charge in [0, 0.05) is 12.7 Å². The van der Waals surface area contributed by atoms with E-state index in [1.165, 1.54) is 25.7 Å². The third-order valence-electron chi connectivity index (χ3n) is 2.72. The van der Waals surface area contributed by atoms with Crippen LogP contribution < -0.4 is 0 Å². The van der Waals surface area contributed by atoms with Crippen LogP contribution in [0.3, 0.4) is 0 Å². The quantitative estimate of drug-likeness (QED) is 0.627. The summed E-state index contributed by atoms with van der Waals surface area (Å²) in [5, 5.41) is 4.22. The molecule has 0 atom stereocenters. The summed E-state index contributed by atoms with van der Waals surface area (Å²) >= 11 is 0. The molecule has 1 saturated carbocycles. The summed E-state index contributed by atoms with van der Waals surface area (Å²) < 4.78 is 1.98. The molecule has 1 fully saturated rings. The van der Waals surface area contributed by atoms with Crippen LogP contribution in [-0.4, -0.2) is 9.78 Å². The summed E-state index contributed by atoms with van der Waals surface area (Å²) in [6, 6.07) is 0. The van der Waals surface area contributed by atoms with Gasteiger partial charge in [0.1, 0.15) is 0 Å². The van der Waals surface area contributed by atoms with Gasteiger partial charge in [-0.05, 0) is 18.8 Å². The molecule has 1 aliphatic carbocycles. The van der Waals surface area contributed by atoms with Crippen LogP contribution >= 0.6 is 0 Å². The van der Waals surface area contributed by atoms with Crippen molar-refractivity contribution < 1.29 is 0 Å². The van der Waals surface area contributed by atoms with Gasteiger partial charge < -0.3 is 0 Å². The third-order valence-corrected chi connectivity index (χ3v) is 2.72. The van der Waals surface area contributed by atoms with E-state index in [0.717, 1.165) is 18.0 Å². The normalized spacial score (nSPS) is 17.5. The predicted octanol–water partition coefficient (Wildman–Crippen LogP) is 2.05. The molecule has 0 spiro atoms. The Balaban J connectivity index is 1.97. The van der Waals surface area contributed by atoms with E-state index in [0.29, 0.717) is 0 Å². The molecule has 0 saturated heterocycles. The van der Waals surface area contributed by atoms with Gasteiger partial charge in [-0.1, -0.05) is 18.8 Å². The van der Waals surface area contributed by atoms with Crippen molar-refractivity contribution in [3.8, 4) is 12.3 Å². The summed E-state index contributed by atoms with van der Waals surface area (Å²) in [7, 11) is 0. The minimum absolute atomic E-state index is 0.825. The number of terminal acetylenes is 1. The van der Waals surface area contributed by atoms with Gasteiger partial charge >= 0.3 is 0 Å². The molecule has 0 N–H and O–H groups in total. The monoisotopic (exact) mass is 174 g/mol. The van der Waals surface area contributed by atoms with Crippen LogP contribution in [0.2, 0.25) is 0 Å². The summed E-state index contributed by atoms with van der Waals surface area (Å²) in [5.74, 6) is 3.41. The molecule has 13 heavy (non-hydrogen) atoms. The van der Waals surface area contributed by atoms with E-state index >= 15 is 0 Å². The van der Waals surface area contributed by atoms with Crippen LogP contribution in [-0.2, 0) is 6.54 Å². The number of nitrogens with zero attached hydrogens (tertiary/aromatic N) is 2. The Hall–Kier alpha value is -1.23. The van der Waals surface area contributed by atoms with Crippen molar-refractivity contribution in [2.24, 2.45) is 5.92 Å². The first kappa shape index (κ1) is 8.37. The molecule has 2 heteroatoms. The lowest BCUT2D eigenvalue weighted by Crippen LogP contribution is -2.07.